The summed E-state index contributed by atoms with van der Waals surface area (Å²) in [5.74, 6) is -0.256. The molecule has 2 heterocycles. The first kappa shape index (κ1) is 22.2. The normalized spacial score (nSPS) is 25.3. The second-order valence-electron chi connectivity index (χ2n) is 8.99. The Bertz CT molecular complexity index is 757. The van der Waals surface area contributed by atoms with Gasteiger partial charge in [0.05, 0.1) is 5.92 Å². The molecule has 2 fully saturated rings. The maximum Gasteiger partial charge on any atom is 0.391 e. The molecule has 0 bridgehead atoms. The third-order valence-electron chi connectivity index (χ3n) is 6.67. The average molecular weight is 441 g/mol. The minimum atomic E-state index is -4.15. The highest BCUT2D eigenvalue weighted by molar-refractivity contribution is 5.79. The molecule has 5 nitrogen and oxygen atoms in total. The van der Waals surface area contributed by atoms with Crippen molar-refractivity contribution in [1.29, 1.82) is 0 Å². The van der Waals surface area contributed by atoms with E-state index in [2.05, 4.69) is 10.2 Å². The van der Waals surface area contributed by atoms with Crippen LogP contribution in [0, 0.1) is 11.8 Å². The molecular weight excluding hydrogens is 409 g/mol. The fourth-order valence-electron chi connectivity index (χ4n) is 4.94. The summed E-state index contributed by atoms with van der Waals surface area (Å²) in [5, 5.41) is 3.16. The highest BCUT2D eigenvalue weighted by Gasteiger charge is 2.42. The van der Waals surface area contributed by atoms with Crippen molar-refractivity contribution in [3.8, 4) is 11.5 Å². The first-order valence-corrected chi connectivity index (χ1v) is 11.4. The number of halogens is 3. The van der Waals surface area contributed by atoms with Gasteiger partial charge in [0, 0.05) is 18.5 Å². The highest BCUT2D eigenvalue weighted by Crippen LogP contribution is 2.39. The Morgan fingerprint density at radius 3 is 2.42 bits per heavy atom. The van der Waals surface area contributed by atoms with Crippen molar-refractivity contribution in [3.63, 3.8) is 0 Å². The molecule has 4 rings (SSSR count). The van der Waals surface area contributed by atoms with E-state index in [0.29, 0.717) is 32.5 Å². The molecule has 1 saturated carbocycles. The van der Waals surface area contributed by atoms with Crippen LogP contribution in [0.1, 0.15) is 44.1 Å². The molecule has 1 saturated heterocycles. The van der Waals surface area contributed by atoms with Crippen molar-refractivity contribution in [2.45, 2.75) is 57.2 Å². The Morgan fingerprint density at radius 1 is 1.06 bits per heavy atom. The van der Waals surface area contributed by atoms with Gasteiger partial charge in [-0.25, -0.2) is 0 Å². The fourth-order valence-corrected chi connectivity index (χ4v) is 4.94. The highest BCUT2D eigenvalue weighted by atomic mass is 19.4. The number of fused-ring (bicyclic) bond motifs is 1. The SMILES string of the molecule is O=C(N[C@@H](Cc1ccc2c(c1)OCCO2)CN1CCCC1)C1CCC(C(F)(F)F)CC1. The summed E-state index contributed by atoms with van der Waals surface area (Å²) in [6, 6.07) is 5.77. The van der Waals surface area contributed by atoms with Crippen molar-refractivity contribution in [2.24, 2.45) is 11.8 Å². The van der Waals surface area contributed by atoms with Gasteiger partial charge in [0.15, 0.2) is 11.5 Å². The van der Waals surface area contributed by atoms with Crippen LogP contribution in [-0.4, -0.2) is 55.9 Å². The van der Waals surface area contributed by atoms with Gasteiger partial charge in [0.2, 0.25) is 5.91 Å². The minimum absolute atomic E-state index is 0.0422. The molecule has 0 unspecified atom stereocenters. The van der Waals surface area contributed by atoms with Crippen molar-refractivity contribution in [1.82, 2.24) is 10.2 Å². The van der Waals surface area contributed by atoms with Crippen LogP contribution in [0.3, 0.4) is 0 Å². The molecule has 1 aromatic carbocycles. The molecule has 2 aliphatic heterocycles. The Balaban J connectivity index is 1.38. The molecule has 0 aromatic heterocycles. The first-order chi connectivity index (χ1) is 14.9. The summed E-state index contributed by atoms with van der Waals surface area (Å²) in [7, 11) is 0. The van der Waals surface area contributed by atoms with E-state index < -0.39 is 12.1 Å². The van der Waals surface area contributed by atoms with E-state index >= 15 is 0 Å². The molecule has 172 valence electrons. The number of ether oxygens (including phenoxy) is 2. The van der Waals surface area contributed by atoms with Crippen LogP contribution in [0.25, 0.3) is 0 Å². The summed E-state index contributed by atoms with van der Waals surface area (Å²) in [6.07, 6.45) is -0.499. The monoisotopic (exact) mass is 440 g/mol. The molecule has 31 heavy (non-hydrogen) atoms. The van der Waals surface area contributed by atoms with Crippen molar-refractivity contribution >= 4 is 5.91 Å². The van der Waals surface area contributed by atoms with Crippen molar-refractivity contribution in [3.05, 3.63) is 23.8 Å². The van der Waals surface area contributed by atoms with Gasteiger partial charge < -0.3 is 19.7 Å². The Labute approximate surface area is 181 Å². The van der Waals surface area contributed by atoms with Crippen LogP contribution < -0.4 is 14.8 Å². The predicted octanol–water partition coefficient (Wildman–Crippen LogP) is 3.95. The third kappa shape index (κ3) is 5.84. The maximum atomic E-state index is 12.9. The van der Waals surface area contributed by atoms with Crippen molar-refractivity contribution < 1.29 is 27.4 Å². The van der Waals surface area contributed by atoms with Crippen LogP contribution in [0.4, 0.5) is 13.2 Å². The van der Waals surface area contributed by atoms with E-state index in [1.54, 1.807) is 0 Å². The lowest BCUT2D eigenvalue weighted by atomic mass is 9.81. The Kier molecular flexibility index (Phi) is 6.94. The zero-order chi connectivity index (χ0) is 21.8. The third-order valence-corrected chi connectivity index (χ3v) is 6.67. The van der Waals surface area contributed by atoms with Crippen LogP contribution in [-0.2, 0) is 11.2 Å². The average Bonchev–Trinajstić information content (AvgIpc) is 3.26. The van der Waals surface area contributed by atoms with Gasteiger partial charge in [0.1, 0.15) is 13.2 Å². The van der Waals surface area contributed by atoms with Crippen LogP contribution in [0.5, 0.6) is 11.5 Å². The molecule has 1 atom stereocenters. The van der Waals surface area contributed by atoms with E-state index in [0.717, 1.165) is 49.5 Å². The first-order valence-electron chi connectivity index (χ1n) is 11.4. The molecule has 3 aliphatic rings. The predicted molar refractivity (Wildman–Crippen MR) is 110 cm³/mol. The number of rotatable bonds is 6. The maximum absolute atomic E-state index is 12.9. The number of nitrogens with zero attached hydrogens (tertiary/aromatic N) is 1. The number of alkyl halides is 3. The largest absolute Gasteiger partial charge is 0.486 e. The Hall–Kier alpha value is -1.96. The zero-order valence-electron chi connectivity index (χ0n) is 17.8. The number of carbonyl (C=O) groups excluding carboxylic acids is 1. The minimum Gasteiger partial charge on any atom is -0.486 e. The second kappa shape index (κ2) is 9.67. The molecule has 0 radical (unpaired) electrons. The fraction of sp³-hybridized carbons (Fsp3) is 0.696. The zero-order valence-corrected chi connectivity index (χ0v) is 17.8. The number of likely N-dealkylation sites (tertiary alicyclic amines) is 1. The summed E-state index contributed by atoms with van der Waals surface area (Å²) in [6.45, 7) is 3.84. The van der Waals surface area contributed by atoms with Crippen LogP contribution >= 0.6 is 0 Å². The van der Waals surface area contributed by atoms with E-state index in [1.807, 2.05) is 18.2 Å². The number of benzene rings is 1. The van der Waals surface area contributed by atoms with Crippen LogP contribution in [0.2, 0.25) is 0 Å². The van der Waals surface area contributed by atoms with Gasteiger partial charge in [-0.1, -0.05) is 6.07 Å². The van der Waals surface area contributed by atoms with Gasteiger partial charge in [-0.2, -0.15) is 13.2 Å². The van der Waals surface area contributed by atoms with Gasteiger partial charge >= 0.3 is 6.18 Å². The quantitative estimate of drug-likeness (QED) is 0.728. The Morgan fingerprint density at radius 2 is 1.74 bits per heavy atom. The molecular formula is C23H31F3N2O3. The second-order valence-corrected chi connectivity index (χ2v) is 8.99. The van der Waals surface area contributed by atoms with E-state index in [9.17, 15) is 18.0 Å². The summed E-state index contributed by atoms with van der Waals surface area (Å²) >= 11 is 0. The lowest BCUT2D eigenvalue weighted by Gasteiger charge is -2.31. The summed E-state index contributed by atoms with van der Waals surface area (Å²) in [5.41, 5.74) is 1.05. The van der Waals surface area contributed by atoms with E-state index in [-0.39, 0.29) is 30.7 Å². The standard InChI is InChI=1S/C23H31F3N2O3/c24-23(25,26)18-6-4-17(5-7-18)22(29)27-19(15-28-9-1-2-10-28)13-16-3-8-20-21(14-16)31-12-11-30-20/h3,8,14,17-19H,1-2,4-7,9-13,15H2,(H,27,29)/t17?,18?,19-/m0/s1. The van der Waals surface area contributed by atoms with Gasteiger partial charge in [-0.3, -0.25) is 4.79 Å². The molecule has 1 aliphatic carbocycles. The lowest BCUT2D eigenvalue weighted by molar-refractivity contribution is -0.184. The lowest BCUT2D eigenvalue weighted by Crippen LogP contribution is -2.47. The van der Waals surface area contributed by atoms with Gasteiger partial charge in [0.25, 0.3) is 0 Å². The molecule has 1 N–H and O–H groups in total. The molecule has 1 aromatic rings. The summed E-state index contributed by atoms with van der Waals surface area (Å²) < 4.78 is 50.1. The topological polar surface area (TPSA) is 50.8 Å². The van der Waals surface area contributed by atoms with Gasteiger partial charge in [-0.15, -0.1) is 0 Å². The van der Waals surface area contributed by atoms with Crippen molar-refractivity contribution in [2.75, 3.05) is 32.8 Å². The number of carbonyl (C=O) groups is 1. The number of amides is 1. The molecule has 1 amide bonds. The summed E-state index contributed by atoms with van der Waals surface area (Å²) in [4.78, 5) is 15.3. The molecule has 0 spiro atoms. The number of hydrogen-bond acceptors (Lipinski definition) is 4. The van der Waals surface area contributed by atoms with E-state index in [4.69, 9.17) is 9.47 Å². The number of nitrogens with one attached hydrogen (secondary N) is 1. The van der Waals surface area contributed by atoms with Gasteiger partial charge in [-0.05, 0) is 75.7 Å². The molecule has 8 heteroatoms. The van der Waals surface area contributed by atoms with E-state index in [1.165, 1.54) is 0 Å². The van der Waals surface area contributed by atoms with Crippen LogP contribution in [0.15, 0.2) is 18.2 Å². The number of hydrogen-bond donors (Lipinski definition) is 1. The smallest absolute Gasteiger partial charge is 0.391 e.